The highest BCUT2D eigenvalue weighted by molar-refractivity contribution is 6.10. The van der Waals surface area contributed by atoms with Crippen molar-refractivity contribution in [2.24, 2.45) is 0 Å². The van der Waals surface area contributed by atoms with E-state index in [2.05, 4.69) is 25.3 Å². The summed E-state index contributed by atoms with van der Waals surface area (Å²) in [4.78, 5) is 23.4. The van der Waals surface area contributed by atoms with Crippen LogP contribution in [0.4, 0.5) is 5.82 Å². The van der Waals surface area contributed by atoms with Crippen LogP contribution in [-0.2, 0) is 16.1 Å². The minimum Gasteiger partial charge on any atom is -0.468 e. The molecule has 0 saturated carbocycles. The lowest BCUT2D eigenvalue weighted by atomic mass is 10.2. The SMILES string of the molecule is COC(=O)Cn1ccc(NC(=O)c2n[nH]c3ccccc23)n1. The minimum atomic E-state index is -0.417. The van der Waals surface area contributed by atoms with E-state index >= 15 is 0 Å². The number of methoxy groups -OCH3 is 1. The average Bonchev–Trinajstić information content (AvgIpc) is 3.13. The van der Waals surface area contributed by atoms with Crippen LogP contribution >= 0.6 is 0 Å². The lowest BCUT2D eigenvalue weighted by Crippen LogP contribution is -2.15. The number of ether oxygens (including phenoxy) is 1. The third-order valence-corrected chi connectivity index (χ3v) is 3.09. The largest absolute Gasteiger partial charge is 0.468 e. The van der Waals surface area contributed by atoms with Gasteiger partial charge in [-0.05, 0) is 6.07 Å². The number of nitrogens with zero attached hydrogens (tertiary/aromatic N) is 3. The monoisotopic (exact) mass is 299 g/mol. The Hall–Kier alpha value is -3.16. The molecule has 3 rings (SSSR count). The first-order chi connectivity index (χ1) is 10.7. The fourth-order valence-electron chi connectivity index (χ4n) is 2.03. The van der Waals surface area contributed by atoms with Crippen LogP contribution in [0.2, 0.25) is 0 Å². The summed E-state index contributed by atoms with van der Waals surface area (Å²) in [5, 5.41) is 14.3. The fourth-order valence-corrected chi connectivity index (χ4v) is 2.03. The topological polar surface area (TPSA) is 102 Å². The molecule has 0 aliphatic rings. The first kappa shape index (κ1) is 13.8. The van der Waals surface area contributed by atoms with Crippen molar-refractivity contribution in [3.8, 4) is 0 Å². The van der Waals surface area contributed by atoms with Crippen LogP contribution in [0.25, 0.3) is 10.9 Å². The van der Waals surface area contributed by atoms with E-state index in [1.807, 2.05) is 24.3 Å². The third kappa shape index (κ3) is 2.66. The zero-order chi connectivity index (χ0) is 15.5. The maximum atomic E-state index is 12.2. The lowest BCUT2D eigenvalue weighted by molar-refractivity contribution is -0.141. The molecule has 0 atom stereocenters. The molecule has 8 nitrogen and oxygen atoms in total. The Kier molecular flexibility index (Phi) is 3.57. The van der Waals surface area contributed by atoms with Crippen LogP contribution in [-0.4, -0.2) is 39.0 Å². The predicted molar refractivity (Wildman–Crippen MR) is 78.3 cm³/mol. The molecule has 0 spiro atoms. The summed E-state index contributed by atoms with van der Waals surface area (Å²) in [6, 6.07) is 8.93. The Balaban J connectivity index is 1.76. The molecule has 1 aromatic carbocycles. The van der Waals surface area contributed by atoms with E-state index in [4.69, 9.17) is 0 Å². The van der Waals surface area contributed by atoms with Gasteiger partial charge in [-0.25, -0.2) is 0 Å². The summed E-state index contributed by atoms with van der Waals surface area (Å²) in [7, 11) is 1.30. The van der Waals surface area contributed by atoms with Gasteiger partial charge < -0.3 is 10.1 Å². The number of carbonyl (C=O) groups excluding carboxylic acids is 2. The summed E-state index contributed by atoms with van der Waals surface area (Å²) < 4.78 is 5.93. The van der Waals surface area contributed by atoms with E-state index < -0.39 is 5.97 Å². The van der Waals surface area contributed by atoms with Gasteiger partial charge in [-0.1, -0.05) is 18.2 Å². The fraction of sp³-hybridized carbons (Fsp3) is 0.143. The van der Waals surface area contributed by atoms with E-state index in [-0.39, 0.29) is 18.1 Å². The van der Waals surface area contributed by atoms with Gasteiger partial charge in [0.2, 0.25) is 0 Å². The maximum absolute atomic E-state index is 12.2. The minimum absolute atomic E-state index is 0.0162. The molecular weight excluding hydrogens is 286 g/mol. The van der Waals surface area contributed by atoms with E-state index in [1.165, 1.54) is 11.8 Å². The first-order valence-electron chi connectivity index (χ1n) is 6.52. The number of aromatic nitrogens is 4. The number of carbonyl (C=O) groups is 2. The third-order valence-electron chi connectivity index (χ3n) is 3.09. The molecule has 0 saturated heterocycles. The van der Waals surface area contributed by atoms with Crippen LogP contribution in [0.3, 0.4) is 0 Å². The molecule has 0 radical (unpaired) electrons. The van der Waals surface area contributed by atoms with Crippen molar-refractivity contribution >= 4 is 28.6 Å². The molecule has 0 aliphatic carbocycles. The van der Waals surface area contributed by atoms with Crippen LogP contribution < -0.4 is 5.32 Å². The summed E-state index contributed by atoms with van der Waals surface area (Å²) in [6.07, 6.45) is 1.58. The molecule has 2 N–H and O–H groups in total. The maximum Gasteiger partial charge on any atom is 0.327 e. The van der Waals surface area contributed by atoms with Crippen molar-refractivity contribution < 1.29 is 14.3 Å². The number of aromatic amines is 1. The number of H-pyrrole nitrogens is 1. The van der Waals surface area contributed by atoms with Gasteiger partial charge in [-0.2, -0.15) is 10.2 Å². The standard InChI is InChI=1S/C14H13N5O3/c1-22-12(20)8-19-7-6-11(18-19)15-14(21)13-9-4-2-3-5-10(9)16-17-13/h2-7H,8H2,1H3,(H,16,17)(H,15,18,21). The van der Waals surface area contributed by atoms with Crippen LogP contribution in [0.1, 0.15) is 10.5 Å². The van der Waals surface area contributed by atoms with Crippen molar-refractivity contribution in [2.45, 2.75) is 6.54 Å². The number of amides is 1. The first-order valence-corrected chi connectivity index (χ1v) is 6.52. The Morgan fingerprint density at radius 3 is 2.95 bits per heavy atom. The molecule has 0 unspecified atom stereocenters. The Labute approximate surface area is 125 Å². The smallest absolute Gasteiger partial charge is 0.327 e. The molecule has 8 heteroatoms. The van der Waals surface area contributed by atoms with Crippen LogP contribution in [0, 0.1) is 0 Å². The van der Waals surface area contributed by atoms with Crippen molar-refractivity contribution in [1.82, 2.24) is 20.0 Å². The second-order valence-electron chi connectivity index (χ2n) is 4.55. The van der Waals surface area contributed by atoms with Gasteiger partial charge in [0.15, 0.2) is 11.5 Å². The van der Waals surface area contributed by atoms with E-state index in [1.54, 1.807) is 12.3 Å². The Morgan fingerprint density at radius 2 is 2.14 bits per heavy atom. The molecular formula is C14H13N5O3. The second kappa shape index (κ2) is 5.68. The summed E-state index contributed by atoms with van der Waals surface area (Å²) in [5.74, 6) is -0.457. The number of para-hydroxylation sites is 1. The molecule has 2 aromatic heterocycles. The number of hydrogen-bond donors (Lipinski definition) is 2. The van der Waals surface area contributed by atoms with Crippen molar-refractivity contribution in [2.75, 3.05) is 12.4 Å². The van der Waals surface area contributed by atoms with Gasteiger partial charge in [0.05, 0.1) is 12.6 Å². The molecule has 22 heavy (non-hydrogen) atoms. The number of rotatable bonds is 4. The lowest BCUT2D eigenvalue weighted by Gasteiger charge is -2.00. The molecule has 3 aromatic rings. The quantitative estimate of drug-likeness (QED) is 0.704. The predicted octanol–water partition coefficient (Wildman–Crippen LogP) is 1.18. The van der Waals surface area contributed by atoms with E-state index in [0.29, 0.717) is 5.82 Å². The van der Waals surface area contributed by atoms with Gasteiger partial charge in [0.25, 0.3) is 5.91 Å². The highest BCUT2D eigenvalue weighted by Gasteiger charge is 2.15. The van der Waals surface area contributed by atoms with Crippen LogP contribution in [0.5, 0.6) is 0 Å². The highest BCUT2D eigenvalue weighted by Crippen LogP contribution is 2.16. The summed E-state index contributed by atoms with van der Waals surface area (Å²) >= 11 is 0. The molecule has 0 bridgehead atoms. The molecule has 2 heterocycles. The number of nitrogens with one attached hydrogen (secondary N) is 2. The summed E-state index contributed by atoms with van der Waals surface area (Å²) in [6.45, 7) is -0.0162. The van der Waals surface area contributed by atoms with Gasteiger partial charge >= 0.3 is 5.97 Å². The molecule has 112 valence electrons. The molecule has 0 fully saturated rings. The molecule has 1 amide bonds. The van der Waals surface area contributed by atoms with E-state index in [9.17, 15) is 9.59 Å². The van der Waals surface area contributed by atoms with Crippen molar-refractivity contribution in [3.05, 3.63) is 42.2 Å². The van der Waals surface area contributed by atoms with Crippen molar-refractivity contribution in [1.29, 1.82) is 0 Å². The molecule has 0 aliphatic heterocycles. The Bertz CT molecular complexity index is 836. The zero-order valence-electron chi connectivity index (χ0n) is 11.7. The van der Waals surface area contributed by atoms with Crippen molar-refractivity contribution in [3.63, 3.8) is 0 Å². The summed E-state index contributed by atoms with van der Waals surface area (Å²) in [5.41, 5.74) is 1.07. The van der Waals surface area contributed by atoms with Gasteiger partial charge in [-0.3, -0.25) is 19.4 Å². The second-order valence-corrected chi connectivity index (χ2v) is 4.55. The normalized spacial score (nSPS) is 10.6. The Morgan fingerprint density at radius 1 is 1.32 bits per heavy atom. The number of fused-ring (bicyclic) bond motifs is 1. The van der Waals surface area contributed by atoms with Gasteiger partial charge in [0, 0.05) is 17.6 Å². The van der Waals surface area contributed by atoms with E-state index in [0.717, 1.165) is 10.9 Å². The number of anilines is 1. The van der Waals surface area contributed by atoms with Gasteiger partial charge in [0.1, 0.15) is 6.54 Å². The zero-order valence-corrected chi connectivity index (χ0v) is 11.7. The van der Waals surface area contributed by atoms with Gasteiger partial charge in [-0.15, -0.1) is 0 Å². The number of hydrogen-bond acceptors (Lipinski definition) is 5. The highest BCUT2D eigenvalue weighted by atomic mass is 16.5. The number of benzene rings is 1. The number of esters is 1. The average molecular weight is 299 g/mol. The van der Waals surface area contributed by atoms with Crippen LogP contribution in [0.15, 0.2) is 36.5 Å².